The lowest BCUT2D eigenvalue weighted by Gasteiger charge is -2.10. The Kier molecular flexibility index (Phi) is 5.16. The highest BCUT2D eigenvalue weighted by molar-refractivity contribution is 5.94. The van der Waals surface area contributed by atoms with Crippen LogP contribution in [0.2, 0.25) is 0 Å². The van der Waals surface area contributed by atoms with Crippen molar-refractivity contribution in [3.05, 3.63) is 34.9 Å². The van der Waals surface area contributed by atoms with Crippen LogP contribution in [0.3, 0.4) is 0 Å². The minimum Gasteiger partial charge on any atom is -0.352 e. The van der Waals surface area contributed by atoms with Crippen molar-refractivity contribution < 1.29 is 4.79 Å². The van der Waals surface area contributed by atoms with E-state index in [1.807, 2.05) is 46.1 Å². The van der Waals surface area contributed by atoms with Gasteiger partial charge in [0.1, 0.15) is 0 Å². The molecule has 0 atom stereocenters. The van der Waals surface area contributed by atoms with Gasteiger partial charge in [-0.3, -0.25) is 4.79 Å². The average Bonchev–Trinajstić information content (AvgIpc) is 2.27. The normalized spacial score (nSPS) is 10.6. The molecule has 0 aliphatic heterocycles. The zero-order valence-electron chi connectivity index (χ0n) is 11.2. The number of benzene rings is 1. The van der Waals surface area contributed by atoms with Crippen molar-refractivity contribution in [2.45, 2.75) is 20.3 Å². The van der Waals surface area contributed by atoms with Crippen LogP contribution in [0.25, 0.3) is 0 Å². The molecule has 1 aromatic rings. The van der Waals surface area contributed by atoms with E-state index >= 15 is 0 Å². The molecule has 1 amide bonds. The van der Waals surface area contributed by atoms with E-state index in [0.29, 0.717) is 0 Å². The highest BCUT2D eigenvalue weighted by atomic mass is 16.1. The fourth-order valence-corrected chi connectivity index (χ4v) is 1.58. The second kappa shape index (κ2) is 6.40. The fourth-order valence-electron chi connectivity index (χ4n) is 1.58. The van der Waals surface area contributed by atoms with Crippen molar-refractivity contribution in [3.8, 4) is 0 Å². The third kappa shape index (κ3) is 4.57. The maximum atomic E-state index is 11.8. The first-order chi connectivity index (χ1) is 8.00. The highest BCUT2D eigenvalue weighted by Gasteiger charge is 2.05. The van der Waals surface area contributed by atoms with E-state index in [1.165, 1.54) is 5.56 Å². The van der Waals surface area contributed by atoms with Crippen LogP contribution < -0.4 is 5.32 Å². The number of carbonyl (C=O) groups excluding carboxylic acids is 1. The molecule has 94 valence electrons. The van der Waals surface area contributed by atoms with Crippen LogP contribution in [0.1, 0.15) is 27.9 Å². The summed E-state index contributed by atoms with van der Waals surface area (Å²) in [6, 6.07) is 5.81. The SMILES string of the molecule is Cc1ccc(C(=O)NCCCN(C)C)cc1C. The molecule has 0 aliphatic carbocycles. The van der Waals surface area contributed by atoms with Crippen LogP contribution in [0.15, 0.2) is 18.2 Å². The Morgan fingerprint density at radius 3 is 2.53 bits per heavy atom. The van der Waals surface area contributed by atoms with Crippen molar-refractivity contribution in [2.75, 3.05) is 27.2 Å². The van der Waals surface area contributed by atoms with Crippen molar-refractivity contribution in [3.63, 3.8) is 0 Å². The van der Waals surface area contributed by atoms with E-state index in [9.17, 15) is 4.79 Å². The zero-order valence-corrected chi connectivity index (χ0v) is 11.2. The molecule has 1 N–H and O–H groups in total. The van der Waals surface area contributed by atoms with Gasteiger partial charge < -0.3 is 10.2 Å². The molecule has 3 heteroatoms. The number of rotatable bonds is 5. The van der Waals surface area contributed by atoms with Crippen LogP contribution in [-0.4, -0.2) is 38.0 Å². The summed E-state index contributed by atoms with van der Waals surface area (Å²) in [6.45, 7) is 5.80. The van der Waals surface area contributed by atoms with Crippen molar-refractivity contribution in [1.82, 2.24) is 10.2 Å². The summed E-state index contributed by atoms with van der Waals surface area (Å²) < 4.78 is 0. The molecule has 0 saturated heterocycles. The molecule has 0 spiro atoms. The minimum atomic E-state index is 0.0202. The van der Waals surface area contributed by atoms with Crippen molar-refractivity contribution in [2.24, 2.45) is 0 Å². The first-order valence-corrected chi connectivity index (χ1v) is 6.01. The number of hydrogen-bond acceptors (Lipinski definition) is 2. The summed E-state index contributed by atoms with van der Waals surface area (Å²) in [4.78, 5) is 13.9. The number of aryl methyl sites for hydroxylation is 2. The molecule has 0 radical (unpaired) electrons. The van der Waals surface area contributed by atoms with E-state index in [0.717, 1.165) is 30.6 Å². The van der Waals surface area contributed by atoms with Gasteiger partial charge in [0, 0.05) is 12.1 Å². The number of carbonyl (C=O) groups is 1. The molecule has 0 saturated carbocycles. The molecule has 0 aromatic heterocycles. The smallest absolute Gasteiger partial charge is 0.251 e. The van der Waals surface area contributed by atoms with Crippen LogP contribution >= 0.6 is 0 Å². The molecule has 0 aliphatic rings. The minimum absolute atomic E-state index is 0.0202. The van der Waals surface area contributed by atoms with Crippen LogP contribution in [0.4, 0.5) is 0 Å². The van der Waals surface area contributed by atoms with Gasteiger partial charge in [0.2, 0.25) is 0 Å². The quantitative estimate of drug-likeness (QED) is 0.790. The average molecular weight is 234 g/mol. The highest BCUT2D eigenvalue weighted by Crippen LogP contribution is 2.09. The summed E-state index contributed by atoms with van der Waals surface area (Å²) in [5, 5.41) is 2.94. The molecular formula is C14H22N2O. The van der Waals surface area contributed by atoms with Gasteiger partial charge in [-0.2, -0.15) is 0 Å². The van der Waals surface area contributed by atoms with E-state index in [2.05, 4.69) is 10.2 Å². The first kappa shape index (κ1) is 13.7. The summed E-state index contributed by atoms with van der Waals surface area (Å²) in [5.74, 6) is 0.0202. The largest absolute Gasteiger partial charge is 0.352 e. The first-order valence-electron chi connectivity index (χ1n) is 6.01. The Morgan fingerprint density at radius 1 is 1.24 bits per heavy atom. The van der Waals surface area contributed by atoms with Crippen molar-refractivity contribution in [1.29, 1.82) is 0 Å². The Morgan fingerprint density at radius 2 is 1.94 bits per heavy atom. The Balaban J connectivity index is 2.44. The maximum Gasteiger partial charge on any atom is 0.251 e. The second-order valence-corrected chi connectivity index (χ2v) is 4.71. The number of nitrogens with zero attached hydrogens (tertiary/aromatic N) is 1. The summed E-state index contributed by atoms with van der Waals surface area (Å²) in [7, 11) is 4.07. The Bertz CT molecular complexity index is 386. The lowest BCUT2D eigenvalue weighted by Crippen LogP contribution is -2.27. The predicted octanol–water partition coefficient (Wildman–Crippen LogP) is 1.98. The van der Waals surface area contributed by atoms with Gasteiger partial charge in [-0.25, -0.2) is 0 Å². The molecule has 1 aromatic carbocycles. The Hall–Kier alpha value is -1.35. The van der Waals surface area contributed by atoms with Gasteiger partial charge >= 0.3 is 0 Å². The van der Waals surface area contributed by atoms with Gasteiger partial charge in [0.15, 0.2) is 0 Å². The standard InChI is InChI=1S/C14H22N2O/c1-11-6-7-13(10-12(11)2)14(17)15-8-5-9-16(3)4/h6-7,10H,5,8-9H2,1-4H3,(H,15,17). The van der Waals surface area contributed by atoms with Crippen molar-refractivity contribution >= 4 is 5.91 Å². The topological polar surface area (TPSA) is 32.3 Å². The molecule has 1 rings (SSSR count). The van der Waals surface area contributed by atoms with Crippen LogP contribution in [-0.2, 0) is 0 Å². The van der Waals surface area contributed by atoms with Gasteiger partial charge in [-0.15, -0.1) is 0 Å². The second-order valence-electron chi connectivity index (χ2n) is 4.71. The molecule has 17 heavy (non-hydrogen) atoms. The molecule has 0 heterocycles. The lowest BCUT2D eigenvalue weighted by molar-refractivity contribution is 0.0952. The molecular weight excluding hydrogens is 212 g/mol. The van der Waals surface area contributed by atoms with E-state index < -0.39 is 0 Å². The Labute approximate surface area is 104 Å². The monoisotopic (exact) mass is 234 g/mol. The lowest BCUT2D eigenvalue weighted by atomic mass is 10.1. The molecule has 0 unspecified atom stereocenters. The predicted molar refractivity (Wildman–Crippen MR) is 71.4 cm³/mol. The summed E-state index contributed by atoms with van der Waals surface area (Å²) >= 11 is 0. The summed E-state index contributed by atoms with van der Waals surface area (Å²) in [5.41, 5.74) is 3.12. The summed E-state index contributed by atoms with van der Waals surface area (Å²) in [6.07, 6.45) is 0.976. The maximum absolute atomic E-state index is 11.8. The number of amides is 1. The van der Waals surface area contributed by atoms with Crippen LogP contribution in [0, 0.1) is 13.8 Å². The third-order valence-electron chi connectivity index (χ3n) is 2.84. The molecule has 0 fully saturated rings. The van der Waals surface area contributed by atoms with Gasteiger partial charge in [0.25, 0.3) is 5.91 Å². The van der Waals surface area contributed by atoms with E-state index in [4.69, 9.17) is 0 Å². The fraction of sp³-hybridized carbons (Fsp3) is 0.500. The number of nitrogens with one attached hydrogen (secondary N) is 1. The van der Waals surface area contributed by atoms with E-state index in [1.54, 1.807) is 0 Å². The van der Waals surface area contributed by atoms with E-state index in [-0.39, 0.29) is 5.91 Å². The van der Waals surface area contributed by atoms with Crippen LogP contribution in [0.5, 0.6) is 0 Å². The van der Waals surface area contributed by atoms with Gasteiger partial charge in [-0.05, 0) is 64.2 Å². The molecule has 3 nitrogen and oxygen atoms in total. The zero-order chi connectivity index (χ0) is 12.8. The van der Waals surface area contributed by atoms with Gasteiger partial charge in [-0.1, -0.05) is 6.07 Å². The van der Waals surface area contributed by atoms with Gasteiger partial charge in [0.05, 0.1) is 0 Å². The third-order valence-corrected chi connectivity index (χ3v) is 2.84. The molecule has 0 bridgehead atoms. The number of hydrogen-bond donors (Lipinski definition) is 1.